The van der Waals surface area contributed by atoms with Crippen molar-refractivity contribution in [3.8, 4) is 0 Å². The van der Waals surface area contributed by atoms with Crippen molar-refractivity contribution in [2.75, 3.05) is 0 Å². The molecule has 0 atom stereocenters. The number of halogens is 1. The standard InChI is InChI=1S/C17H19Br/c18-17-11-7-10-16(14-17)13-12-15-8-5-3-1-2-4-6-9-15/h1,3,5,7-11,14H,2,4,6,12-13H2/b3-1-,8-5-,15-9+. The normalized spacial score (nSPS) is 22.2. The summed E-state index contributed by atoms with van der Waals surface area (Å²) in [7, 11) is 0. The van der Waals surface area contributed by atoms with Crippen LogP contribution in [0.4, 0.5) is 0 Å². The average Bonchev–Trinajstić information content (AvgIpc) is 2.50. The Balaban J connectivity index is 1.96. The Bertz CT molecular complexity index is 466. The lowest BCUT2D eigenvalue weighted by Crippen LogP contribution is -1.88. The van der Waals surface area contributed by atoms with Crippen molar-refractivity contribution < 1.29 is 0 Å². The van der Waals surface area contributed by atoms with Gasteiger partial charge >= 0.3 is 0 Å². The van der Waals surface area contributed by atoms with Crippen molar-refractivity contribution in [3.63, 3.8) is 0 Å². The van der Waals surface area contributed by atoms with E-state index in [1.165, 1.54) is 34.9 Å². The summed E-state index contributed by atoms with van der Waals surface area (Å²) in [4.78, 5) is 0. The molecule has 0 saturated heterocycles. The van der Waals surface area contributed by atoms with Gasteiger partial charge in [-0.15, -0.1) is 0 Å². The van der Waals surface area contributed by atoms with E-state index in [9.17, 15) is 0 Å². The molecule has 0 aliphatic heterocycles. The summed E-state index contributed by atoms with van der Waals surface area (Å²) in [6.45, 7) is 0. The molecule has 18 heavy (non-hydrogen) atoms. The molecule has 0 saturated carbocycles. The second kappa shape index (κ2) is 7.38. The smallest absolute Gasteiger partial charge is 0.0177 e. The van der Waals surface area contributed by atoms with Crippen molar-refractivity contribution >= 4 is 15.9 Å². The lowest BCUT2D eigenvalue weighted by atomic mass is 10.0. The molecule has 2 rings (SSSR count). The number of allylic oxidation sites excluding steroid dienone is 6. The molecule has 0 N–H and O–H groups in total. The molecule has 0 bridgehead atoms. The first-order chi connectivity index (χ1) is 8.84. The van der Waals surface area contributed by atoms with Gasteiger partial charge in [-0.2, -0.15) is 0 Å². The monoisotopic (exact) mass is 302 g/mol. The lowest BCUT2D eigenvalue weighted by molar-refractivity contribution is 0.855. The maximum atomic E-state index is 3.52. The maximum Gasteiger partial charge on any atom is 0.0177 e. The minimum Gasteiger partial charge on any atom is -0.0845 e. The van der Waals surface area contributed by atoms with Gasteiger partial charge in [0.05, 0.1) is 0 Å². The molecule has 1 heteroatoms. The molecular weight excluding hydrogens is 284 g/mol. The quantitative estimate of drug-likeness (QED) is 0.681. The Labute approximate surface area is 118 Å². The number of aryl methyl sites for hydroxylation is 1. The van der Waals surface area contributed by atoms with Crippen LogP contribution in [0, 0.1) is 0 Å². The number of hydrogen-bond acceptors (Lipinski definition) is 0. The van der Waals surface area contributed by atoms with Gasteiger partial charge in [-0.05, 0) is 49.8 Å². The Hall–Kier alpha value is -1.08. The first-order valence-corrected chi connectivity index (χ1v) is 7.40. The highest BCUT2D eigenvalue weighted by atomic mass is 79.9. The van der Waals surface area contributed by atoms with Gasteiger partial charge in [0.25, 0.3) is 0 Å². The van der Waals surface area contributed by atoms with Gasteiger partial charge < -0.3 is 0 Å². The number of hydrogen-bond donors (Lipinski definition) is 0. The third-order valence-electron chi connectivity index (χ3n) is 3.13. The molecule has 1 aliphatic rings. The summed E-state index contributed by atoms with van der Waals surface area (Å²) >= 11 is 3.52. The van der Waals surface area contributed by atoms with Gasteiger partial charge in [-0.1, -0.05) is 64.0 Å². The van der Waals surface area contributed by atoms with E-state index in [4.69, 9.17) is 0 Å². The average molecular weight is 303 g/mol. The fourth-order valence-corrected chi connectivity index (χ4v) is 2.56. The Morgan fingerprint density at radius 3 is 2.89 bits per heavy atom. The Kier molecular flexibility index (Phi) is 5.47. The zero-order chi connectivity index (χ0) is 12.6. The molecule has 1 aromatic rings. The van der Waals surface area contributed by atoms with Crippen molar-refractivity contribution in [2.24, 2.45) is 0 Å². The predicted molar refractivity (Wildman–Crippen MR) is 82.7 cm³/mol. The Morgan fingerprint density at radius 1 is 1.06 bits per heavy atom. The molecular formula is C17H19Br. The molecule has 0 amide bonds. The summed E-state index contributed by atoms with van der Waals surface area (Å²) in [6, 6.07) is 8.59. The van der Waals surface area contributed by atoms with Crippen LogP contribution in [0.25, 0.3) is 0 Å². The summed E-state index contributed by atoms with van der Waals surface area (Å²) in [5.41, 5.74) is 2.86. The SMILES string of the molecule is Brc1cccc(CCC2=C/CCC\C=C/C=C\2)c1. The van der Waals surface area contributed by atoms with E-state index >= 15 is 0 Å². The van der Waals surface area contributed by atoms with Crippen LogP contribution >= 0.6 is 15.9 Å². The molecule has 1 aliphatic carbocycles. The minimum absolute atomic E-state index is 1.11. The highest BCUT2D eigenvalue weighted by molar-refractivity contribution is 9.10. The predicted octanol–water partition coefficient (Wildman–Crippen LogP) is 5.60. The molecule has 0 unspecified atom stereocenters. The van der Waals surface area contributed by atoms with Crippen molar-refractivity contribution in [2.45, 2.75) is 32.1 Å². The second-order valence-corrected chi connectivity index (χ2v) is 5.54. The summed E-state index contributed by atoms with van der Waals surface area (Å²) in [5, 5.41) is 0. The van der Waals surface area contributed by atoms with Crippen molar-refractivity contribution in [3.05, 3.63) is 70.3 Å². The zero-order valence-corrected chi connectivity index (χ0v) is 12.2. The zero-order valence-electron chi connectivity index (χ0n) is 10.6. The van der Waals surface area contributed by atoms with E-state index in [0.717, 1.165) is 12.8 Å². The fourth-order valence-electron chi connectivity index (χ4n) is 2.11. The molecule has 0 radical (unpaired) electrons. The lowest BCUT2D eigenvalue weighted by Gasteiger charge is -2.04. The van der Waals surface area contributed by atoms with Crippen LogP contribution < -0.4 is 0 Å². The Morgan fingerprint density at radius 2 is 2.00 bits per heavy atom. The topological polar surface area (TPSA) is 0 Å². The van der Waals surface area contributed by atoms with Crippen LogP contribution in [-0.4, -0.2) is 0 Å². The summed E-state index contributed by atoms with van der Waals surface area (Å²) in [5.74, 6) is 0. The van der Waals surface area contributed by atoms with Crippen LogP contribution in [0.2, 0.25) is 0 Å². The third-order valence-corrected chi connectivity index (χ3v) is 3.62. The summed E-state index contributed by atoms with van der Waals surface area (Å²) in [6.07, 6.45) is 17.1. The van der Waals surface area contributed by atoms with Crippen LogP contribution in [0.1, 0.15) is 31.2 Å². The largest absolute Gasteiger partial charge is 0.0845 e. The van der Waals surface area contributed by atoms with Crippen molar-refractivity contribution in [1.82, 2.24) is 0 Å². The maximum absolute atomic E-state index is 3.52. The number of benzene rings is 1. The fraction of sp³-hybridized carbons (Fsp3) is 0.294. The van der Waals surface area contributed by atoms with Crippen LogP contribution in [-0.2, 0) is 6.42 Å². The molecule has 0 nitrogen and oxygen atoms in total. The van der Waals surface area contributed by atoms with Gasteiger partial charge in [0, 0.05) is 4.47 Å². The van der Waals surface area contributed by atoms with Crippen LogP contribution in [0.15, 0.2) is 64.7 Å². The molecule has 0 heterocycles. The number of rotatable bonds is 3. The minimum atomic E-state index is 1.11. The van der Waals surface area contributed by atoms with E-state index in [1.54, 1.807) is 0 Å². The van der Waals surface area contributed by atoms with Gasteiger partial charge in [0.1, 0.15) is 0 Å². The highest BCUT2D eigenvalue weighted by Crippen LogP contribution is 2.17. The third kappa shape index (κ3) is 4.66. The van der Waals surface area contributed by atoms with Gasteiger partial charge in [-0.25, -0.2) is 0 Å². The van der Waals surface area contributed by atoms with Crippen LogP contribution in [0.5, 0.6) is 0 Å². The first-order valence-electron chi connectivity index (χ1n) is 6.61. The summed E-state index contributed by atoms with van der Waals surface area (Å²) < 4.78 is 1.17. The molecule has 0 aromatic heterocycles. The van der Waals surface area contributed by atoms with E-state index < -0.39 is 0 Å². The molecule has 1 aromatic carbocycles. The van der Waals surface area contributed by atoms with Gasteiger partial charge in [0.2, 0.25) is 0 Å². The second-order valence-electron chi connectivity index (χ2n) is 4.63. The van der Waals surface area contributed by atoms with E-state index in [-0.39, 0.29) is 0 Å². The highest BCUT2D eigenvalue weighted by Gasteiger charge is 1.98. The van der Waals surface area contributed by atoms with E-state index in [1.807, 2.05) is 0 Å². The van der Waals surface area contributed by atoms with Gasteiger partial charge in [0.15, 0.2) is 0 Å². The van der Waals surface area contributed by atoms with E-state index in [0.29, 0.717) is 0 Å². The van der Waals surface area contributed by atoms with E-state index in [2.05, 4.69) is 70.6 Å². The van der Waals surface area contributed by atoms with Crippen LogP contribution in [0.3, 0.4) is 0 Å². The molecule has 94 valence electrons. The molecule has 0 fully saturated rings. The van der Waals surface area contributed by atoms with Gasteiger partial charge in [-0.3, -0.25) is 0 Å². The molecule has 0 spiro atoms. The first kappa shape index (κ1) is 13.4. The van der Waals surface area contributed by atoms with Crippen molar-refractivity contribution in [1.29, 1.82) is 0 Å².